The zero-order chi connectivity index (χ0) is 17.2. The smallest absolute Gasteiger partial charge is 0.168 e. The highest BCUT2D eigenvalue weighted by molar-refractivity contribution is 5.89. The SMILES string of the molecule is Cc1ccc(-n2ncc3c(Nc4ccccc4CO)ncnc32)cc1. The van der Waals surface area contributed by atoms with Crippen molar-refractivity contribution in [3.8, 4) is 5.69 Å². The topological polar surface area (TPSA) is 75.9 Å². The number of para-hydroxylation sites is 1. The van der Waals surface area contributed by atoms with Crippen molar-refractivity contribution in [2.75, 3.05) is 5.32 Å². The molecule has 2 heterocycles. The molecule has 25 heavy (non-hydrogen) atoms. The lowest BCUT2D eigenvalue weighted by Crippen LogP contribution is -2.01. The minimum Gasteiger partial charge on any atom is -0.392 e. The first-order valence-corrected chi connectivity index (χ1v) is 7.98. The second-order valence-electron chi connectivity index (χ2n) is 5.79. The van der Waals surface area contributed by atoms with Crippen molar-refractivity contribution in [2.24, 2.45) is 0 Å². The summed E-state index contributed by atoms with van der Waals surface area (Å²) in [6.45, 7) is 2.01. The largest absolute Gasteiger partial charge is 0.392 e. The molecule has 0 saturated heterocycles. The van der Waals surface area contributed by atoms with Gasteiger partial charge in [0, 0.05) is 11.3 Å². The molecule has 2 aromatic heterocycles. The zero-order valence-electron chi connectivity index (χ0n) is 13.7. The average molecular weight is 331 g/mol. The molecule has 0 saturated carbocycles. The second-order valence-corrected chi connectivity index (χ2v) is 5.79. The van der Waals surface area contributed by atoms with Gasteiger partial charge in [0.15, 0.2) is 5.65 Å². The van der Waals surface area contributed by atoms with Gasteiger partial charge in [0.25, 0.3) is 0 Å². The lowest BCUT2D eigenvalue weighted by Gasteiger charge is -2.10. The van der Waals surface area contributed by atoms with E-state index in [9.17, 15) is 5.11 Å². The van der Waals surface area contributed by atoms with E-state index in [2.05, 4.69) is 20.4 Å². The summed E-state index contributed by atoms with van der Waals surface area (Å²) in [5, 5.41) is 18.1. The second kappa shape index (κ2) is 6.33. The van der Waals surface area contributed by atoms with Crippen LogP contribution in [0.1, 0.15) is 11.1 Å². The molecule has 0 amide bonds. The number of fused-ring (bicyclic) bond motifs is 1. The first-order chi connectivity index (χ1) is 12.3. The van der Waals surface area contributed by atoms with Gasteiger partial charge in [-0.05, 0) is 25.1 Å². The highest BCUT2D eigenvalue weighted by Crippen LogP contribution is 2.26. The summed E-state index contributed by atoms with van der Waals surface area (Å²) in [6.07, 6.45) is 3.26. The van der Waals surface area contributed by atoms with E-state index in [0.717, 1.165) is 28.0 Å². The van der Waals surface area contributed by atoms with Gasteiger partial charge in [-0.25, -0.2) is 14.6 Å². The molecule has 0 atom stereocenters. The molecular formula is C19H17N5O. The Labute approximate surface area is 144 Å². The summed E-state index contributed by atoms with van der Waals surface area (Å²) in [5.74, 6) is 0.657. The van der Waals surface area contributed by atoms with E-state index >= 15 is 0 Å². The standard InChI is InChI=1S/C19H17N5O/c1-13-6-8-15(9-7-13)24-19-16(10-22-24)18(20-12-21-19)23-17-5-3-2-4-14(17)11-25/h2-10,12,25H,11H2,1H3,(H,20,21,23). The average Bonchev–Trinajstić information content (AvgIpc) is 3.08. The maximum atomic E-state index is 9.50. The fourth-order valence-electron chi connectivity index (χ4n) is 2.73. The molecule has 0 aliphatic rings. The number of rotatable bonds is 4. The number of aliphatic hydroxyl groups excluding tert-OH is 1. The van der Waals surface area contributed by atoms with E-state index in [0.29, 0.717) is 5.82 Å². The molecular weight excluding hydrogens is 314 g/mol. The molecule has 0 fully saturated rings. The van der Waals surface area contributed by atoms with Crippen molar-refractivity contribution in [3.63, 3.8) is 0 Å². The van der Waals surface area contributed by atoms with Gasteiger partial charge in [0.2, 0.25) is 0 Å². The van der Waals surface area contributed by atoms with Crippen molar-refractivity contribution in [1.29, 1.82) is 0 Å². The Balaban J connectivity index is 1.78. The lowest BCUT2D eigenvalue weighted by atomic mass is 10.2. The van der Waals surface area contributed by atoms with E-state index < -0.39 is 0 Å². The van der Waals surface area contributed by atoms with Crippen molar-refractivity contribution in [2.45, 2.75) is 13.5 Å². The third-order valence-corrected chi connectivity index (χ3v) is 4.09. The van der Waals surface area contributed by atoms with Gasteiger partial charge in [-0.3, -0.25) is 0 Å². The molecule has 0 bridgehead atoms. The summed E-state index contributed by atoms with van der Waals surface area (Å²) < 4.78 is 1.79. The Kier molecular flexibility index (Phi) is 3.87. The molecule has 0 aliphatic heterocycles. The van der Waals surface area contributed by atoms with Gasteiger partial charge in [0.1, 0.15) is 12.1 Å². The number of hydrogen-bond donors (Lipinski definition) is 2. The molecule has 124 valence electrons. The molecule has 2 aromatic carbocycles. The molecule has 0 aliphatic carbocycles. The summed E-state index contributed by atoms with van der Waals surface area (Å²) in [5.41, 5.74) is 4.48. The first kappa shape index (κ1) is 15.3. The number of aliphatic hydroxyl groups is 1. The summed E-state index contributed by atoms with van der Waals surface area (Å²) in [7, 11) is 0. The van der Waals surface area contributed by atoms with Crippen LogP contribution in [0.2, 0.25) is 0 Å². The number of hydrogen-bond acceptors (Lipinski definition) is 5. The Hall–Kier alpha value is -3.25. The fourth-order valence-corrected chi connectivity index (χ4v) is 2.73. The van der Waals surface area contributed by atoms with Gasteiger partial charge in [-0.1, -0.05) is 35.9 Å². The van der Waals surface area contributed by atoms with Gasteiger partial charge in [-0.15, -0.1) is 0 Å². The van der Waals surface area contributed by atoms with Crippen LogP contribution in [-0.4, -0.2) is 24.9 Å². The van der Waals surface area contributed by atoms with Crippen LogP contribution in [0.25, 0.3) is 16.7 Å². The van der Waals surface area contributed by atoms with Gasteiger partial charge < -0.3 is 10.4 Å². The number of benzene rings is 2. The van der Waals surface area contributed by atoms with Gasteiger partial charge in [-0.2, -0.15) is 5.10 Å². The van der Waals surface area contributed by atoms with Crippen LogP contribution < -0.4 is 5.32 Å². The summed E-state index contributed by atoms with van der Waals surface area (Å²) >= 11 is 0. The maximum absolute atomic E-state index is 9.50. The van der Waals surface area contributed by atoms with Crippen LogP contribution in [0.3, 0.4) is 0 Å². The number of anilines is 2. The highest BCUT2D eigenvalue weighted by Gasteiger charge is 2.12. The predicted octanol–water partition coefficient (Wildman–Crippen LogP) is 3.36. The number of nitrogens with one attached hydrogen (secondary N) is 1. The summed E-state index contributed by atoms with van der Waals surface area (Å²) in [6, 6.07) is 15.7. The third kappa shape index (κ3) is 2.83. The molecule has 0 spiro atoms. The predicted molar refractivity (Wildman–Crippen MR) is 97.0 cm³/mol. The first-order valence-electron chi connectivity index (χ1n) is 7.98. The van der Waals surface area contributed by atoms with Crippen molar-refractivity contribution >= 4 is 22.5 Å². The maximum Gasteiger partial charge on any atom is 0.168 e. The summed E-state index contributed by atoms with van der Waals surface area (Å²) in [4.78, 5) is 8.73. The molecule has 6 heteroatoms. The minimum atomic E-state index is -0.0416. The molecule has 6 nitrogen and oxygen atoms in total. The zero-order valence-corrected chi connectivity index (χ0v) is 13.7. The minimum absolute atomic E-state index is 0.0416. The number of aryl methyl sites for hydroxylation is 1. The Bertz CT molecular complexity index is 1020. The van der Waals surface area contributed by atoms with Crippen LogP contribution in [0.4, 0.5) is 11.5 Å². The molecule has 2 N–H and O–H groups in total. The van der Waals surface area contributed by atoms with E-state index in [1.54, 1.807) is 10.9 Å². The van der Waals surface area contributed by atoms with Crippen LogP contribution >= 0.6 is 0 Å². The van der Waals surface area contributed by atoms with E-state index in [4.69, 9.17) is 0 Å². The highest BCUT2D eigenvalue weighted by atomic mass is 16.3. The quantitative estimate of drug-likeness (QED) is 0.600. The van der Waals surface area contributed by atoms with Crippen LogP contribution in [0.15, 0.2) is 61.1 Å². The normalized spacial score (nSPS) is 11.0. The van der Waals surface area contributed by atoms with Gasteiger partial charge in [0.05, 0.1) is 23.9 Å². The van der Waals surface area contributed by atoms with E-state index in [-0.39, 0.29) is 6.61 Å². The lowest BCUT2D eigenvalue weighted by molar-refractivity contribution is 0.282. The molecule has 4 rings (SSSR count). The third-order valence-electron chi connectivity index (χ3n) is 4.09. The number of aromatic nitrogens is 4. The van der Waals surface area contributed by atoms with Gasteiger partial charge >= 0.3 is 0 Å². The van der Waals surface area contributed by atoms with Crippen molar-refractivity contribution < 1.29 is 5.11 Å². The molecule has 4 aromatic rings. The Morgan fingerprint density at radius 1 is 1.04 bits per heavy atom. The van der Waals surface area contributed by atoms with E-state index in [1.165, 1.54) is 11.9 Å². The van der Waals surface area contributed by atoms with Crippen LogP contribution in [0, 0.1) is 6.92 Å². The Morgan fingerprint density at radius 3 is 2.64 bits per heavy atom. The van der Waals surface area contributed by atoms with Crippen molar-refractivity contribution in [3.05, 3.63) is 72.2 Å². The molecule has 0 radical (unpaired) electrons. The van der Waals surface area contributed by atoms with Crippen LogP contribution in [0.5, 0.6) is 0 Å². The molecule has 0 unspecified atom stereocenters. The number of nitrogens with zero attached hydrogens (tertiary/aromatic N) is 4. The monoisotopic (exact) mass is 331 g/mol. The fraction of sp³-hybridized carbons (Fsp3) is 0.105. The van der Waals surface area contributed by atoms with E-state index in [1.807, 2.05) is 55.5 Å². The Morgan fingerprint density at radius 2 is 1.84 bits per heavy atom. The van der Waals surface area contributed by atoms with Crippen LogP contribution in [-0.2, 0) is 6.61 Å². The van der Waals surface area contributed by atoms with Crippen molar-refractivity contribution in [1.82, 2.24) is 19.7 Å².